The second kappa shape index (κ2) is 11.3. The number of carbonyl (C=O) groups excluding carboxylic acids is 2. The summed E-state index contributed by atoms with van der Waals surface area (Å²) >= 11 is 0. The average Bonchev–Trinajstić information content (AvgIpc) is 2.72. The predicted molar refractivity (Wildman–Crippen MR) is 111 cm³/mol. The molecule has 0 saturated carbocycles. The Balaban J connectivity index is 2.19. The lowest BCUT2D eigenvalue weighted by molar-refractivity contribution is -0.143. The SMILES string of the molecule is CC[C@@H](C(=O)NCC(C)C)N(Cc1ccc(F)cc1)C(=O)COc1ccccc1F. The first kappa shape index (κ1) is 23.3. The summed E-state index contributed by atoms with van der Waals surface area (Å²) in [5, 5.41) is 2.85. The van der Waals surface area contributed by atoms with E-state index in [1.165, 1.54) is 35.2 Å². The maximum atomic E-state index is 13.8. The Morgan fingerprint density at radius 1 is 1.07 bits per heavy atom. The number of rotatable bonds is 10. The highest BCUT2D eigenvalue weighted by Crippen LogP contribution is 2.17. The summed E-state index contributed by atoms with van der Waals surface area (Å²) in [6, 6.07) is 10.8. The van der Waals surface area contributed by atoms with Gasteiger partial charge in [-0.25, -0.2) is 8.78 Å². The molecule has 1 atom stereocenters. The standard InChI is InChI=1S/C23H28F2N2O3/c1-4-20(23(29)26-13-16(2)3)27(14-17-9-11-18(24)12-10-17)22(28)15-30-21-8-6-5-7-19(21)25/h5-12,16,20H,4,13-15H2,1-3H3,(H,26,29)/t20-/m0/s1. The zero-order valence-electron chi connectivity index (χ0n) is 17.5. The molecule has 7 heteroatoms. The Morgan fingerprint density at radius 3 is 2.33 bits per heavy atom. The number of hydrogen-bond acceptors (Lipinski definition) is 3. The summed E-state index contributed by atoms with van der Waals surface area (Å²) in [6.07, 6.45) is 0.385. The van der Waals surface area contributed by atoms with Crippen molar-refractivity contribution < 1.29 is 23.1 Å². The van der Waals surface area contributed by atoms with E-state index in [0.717, 1.165) is 0 Å². The van der Waals surface area contributed by atoms with Gasteiger partial charge in [0, 0.05) is 13.1 Å². The van der Waals surface area contributed by atoms with Crippen molar-refractivity contribution >= 4 is 11.8 Å². The third kappa shape index (κ3) is 6.83. The lowest BCUT2D eigenvalue weighted by Gasteiger charge is -2.30. The summed E-state index contributed by atoms with van der Waals surface area (Å²) in [5.41, 5.74) is 0.672. The number of para-hydroxylation sites is 1. The van der Waals surface area contributed by atoms with Gasteiger partial charge in [0.1, 0.15) is 11.9 Å². The van der Waals surface area contributed by atoms with Crippen molar-refractivity contribution in [3.63, 3.8) is 0 Å². The summed E-state index contributed by atoms with van der Waals surface area (Å²) in [5.74, 6) is -1.47. The second-order valence-corrected chi connectivity index (χ2v) is 7.43. The molecule has 30 heavy (non-hydrogen) atoms. The second-order valence-electron chi connectivity index (χ2n) is 7.43. The Hall–Kier alpha value is -2.96. The van der Waals surface area contributed by atoms with E-state index in [1.807, 2.05) is 20.8 Å². The number of amides is 2. The van der Waals surface area contributed by atoms with Gasteiger partial charge in [-0.15, -0.1) is 0 Å². The lowest BCUT2D eigenvalue weighted by atomic mass is 10.1. The molecule has 0 radical (unpaired) electrons. The first-order chi connectivity index (χ1) is 14.3. The van der Waals surface area contributed by atoms with Gasteiger partial charge in [-0.3, -0.25) is 9.59 Å². The number of benzene rings is 2. The van der Waals surface area contributed by atoms with Gasteiger partial charge < -0.3 is 15.0 Å². The third-order valence-electron chi connectivity index (χ3n) is 4.52. The van der Waals surface area contributed by atoms with Crippen molar-refractivity contribution in [1.29, 1.82) is 0 Å². The van der Waals surface area contributed by atoms with Crippen LogP contribution in [0.4, 0.5) is 8.78 Å². The Kier molecular flexibility index (Phi) is 8.77. The largest absolute Gasteiger partial charge is 0.481 e. The molecule has 2 amide bonds. The Bertz CT molecular complexity index is 841. The molecule has 0 heterocycles. The van der Waals surface area contributed by atoms with Crippen LogP contribution in [0.3, 0.4) is 0 Å². The van der Waals surface area contributed by atoms with E-state index in [2.05, 4.69) is 5.32 Å². The van der Waals surface area contributed by atoms with Crippen LogP contribution in [0.15, 0.2) is 48.5 Å². The average molecular weight is 418 g/mol. The van der Waals surface area contributed by atoms with Gasteiger partial charge in [0.05, 0.1) is 0 Å². The van der Waals surface area contributed by atoms with Crippen molar-refractivity contribution in [3.05, 3.63) is 65.7 Å². The molecule has 1 N–H and O–H groups in total. The molecule has 0 fully saturated rings. The smallest absolute Gasteiger partial charge is 0.261 e. The van der Waals surface area contributed by atoms with Gasteiger partial charge in [-0.1, -0.05) is 45.0 Å². The van der Waals surface area contributed by atoms with Crippen molar-refractivity contribution in [1.82, 2.24) is 10.2 Å². The van der Waals surface area contributed by atoms with Gasteiger partial charge in [-0.2, -0.15) is 0 Å². The molecule has 0 saturated heterocycles. The highest BCUT2D eigenvalue weighted by molar-refractivity contribution is 5.88. The minimum atomic E-state index is -0.731. The van der Waals surface area contributed by atoms with Crippen molar-refractivity contribution in [2.45, 2.75) is 39.8 Å². The van der Waals surface area contributed by atoms with Crippen LogP contribution in [0.25, 0.3) is 0 Å². The number of halogens is 2. The van der Waals surface area contributed by atoms with E-state index in [9.17, 15) is 18.4 Å². The molecule has 2 aromatic rings. The first-order valence-electron chi connectivity index (χ1n) is 10.0. The van der Waals surface area contributed by atoms with E-state index in [-0.39, 0.29) is 29.9 Å². The summed E-state index contributed by atoms with van der Waals surface area (Å²) in [6.45, 7) is 5.93. The molecule has 162 valence electrons. The molecular weight excluding hydrogens is 390 g/mol. The fraction of sp³-hybridized carbons (Fsp3) is 0.391. The van der Waals surface area contributed by atoms with E-state index < -0.39 is 24.4 Å². The highest BCUT2D eigenvalue weighted by atomic mass is 19.1. The van der Waals surface area contributed by atoms with E-state index in [0.29, 0.717) is 18.5 Å². The predicted octanol–water partition coefficient (Wildman–Crippen LogP) is 3.92. The van der Waals surface area contributed by atoms with Crippen molar-refractivity contribution in [2.75, 3.05) is 13.2 Å². The molecular formula is C23H28F2N2O3. The van der Waals surface area contributed by atoms with Gasteiger partial charge in [0.25, 0.3) is 5.91 Å². The lowest BCUT2D eigenvalue weighted by Crippen LogP contribution is -2.50. The quantitative estimate of drug-likeness (QED) is 0.636. The van der Waals surface area contributed by atoms with Crippen LogP contribution in [0, 0.1) is 17.6 Å². The van der Waals surface area contributed by atoms with Gasteiger partial charge in [-0.05, 0) is 42.2 Å². The van der Waals surface area contributed by atoms with Crippen LogP contribution in [-0.2, 0) is 16.1 Å². The van der Waals surface area contributed by atoms with Crippen LogP contribution < -0.4 is 10.1 Å². The fourth-order valence-electron chi connectivity index (χ4n) is 2.91. The van der Waals surface area contributed by atoms with Gasteiger partial charge >= 0.3 is 0 Å². The molecule has 0 aliphatic heterocycles. The van der Waals surface area contributed by atoms with Crippen LogP contribution >= 0.6 is 0 Å². The summed E-state index contributed by atoms with van der Waals surface area (Å²) in [4.78, 5) is 27.1. The molecule has 2 rings (SSSR count). The molecule has 0 unspecified atom stereocenters. The van der Waals surface area contributed by atoms with E-state index in [1.54, 1.807) is 18.2 Å². The normalized spacial score (nSPS) is 11.8. The number of hydrogen-bond donors (Lipinski definition) is 1. The number of nitrogens with one attached hydrogen (secondary N) is 1. The third-order valence-corrected chi connectivity index (χ3v) is 4.52. The van der Waals surface area contributed by atoms with Crippen molar-refractivity contribution in [2.24, 2.45) is 5.92 Å². The van der Waals surface area contributed by atoms with Crippen LogP contribution in [-0.4, -0.2) is 35.9 Å². The molecule has 0 spiro atoms. The molecule has 0 bridgehead atoms. The van der Waals surface area contributed by atoms with Crippen LogP contribution in [0.1, 0.15) is 32.8 Å². The summed E-state index contributed by atoms with van der Waals surface area (Å²) in [7, 11) is 0. The topological polar surface area (TPSA) is 58.6 Å². The van der Waals surface area contributed by atoms with Gasteiger partial charge in [0.15, 0.2) is 18.2 Å². The Morgan fingerprint density at radius 2 is 1.73 bits per heavy atom. The van der Waals surface area contributed by atoms with Crippen LogP contribution in [0.5, 0.6) is 5.75 Å². The monoisotopic (exact) mass is 418 g/mol. The highest BCUT2D eigenvalue weighted by Gasteiger charge is 2.29. The molecule has 0 aliphatic rings. The fourth-order valence-corrected chi connectivity index (χ4v) is 2.91. The Labute approximate surface area is 176 Å². The van der Waals surface area contributed by atoms with E-state index in [4.69, 9.17) is 4.74 Å². The maximum Gasteiger partial charge on any atom is 0.261 e. The van der Waals surface area contributed by atoms with Crippen molar-refractivity contribution in [3.8, 4) is 5.75 Å². The number of ether oxygens (including phenoxy) is 1. The summed E-state index contributed by atoms with van der Waals surface area (Å²) < 4.78 is 32.4. The van der Waals surface area contributed by atoms with E-state index >= 15 is 0 Å². The van der Waals surface area contributed by atoms with Crippen LogP contribution in [0.2, 0.25) is 0 Å². The molecule has 2 aromatic carbocycles. The molecule has 5 nitrogen and oxygen atoms in total. The minimum absolute atomic E-state index is 0.0371. The molecule has 0 aromatic heterocycles. The zero-order valence-corrected chi connectivity index (χ0v) is 17.5. The number of nitrogens with zero attached hydrogens (tertiary/aromatic N) is 1. The maximum absolute atomic E-state index is 13.8. The first-order valence-corrected chi connectivity index (χ1v) is 10.0. The number of carbonyl (C=O) groups is 2. The van der Waals surface area contributed by atoms with Gasteiger partial charge in [0.2, 0.25) is 5.91 Å². The minimum Gasteiger partial charge on any atom is -0.481 e. The molecule has 0 aliphatic carbocycles. The zero-order chi connectivity index (χ0) is 22.1.